The van der Waals surface area contributed by atoms with Gasteiger partial charge in [-0.3, -0.25) is 4.40 Å². The monoisotopic (exact) mass is 430 g/mol. The summed E-state index contributed by atoms with van der Waals surface area (Å²) in [6, 6.07) is 1.85. The summed E-state index contributed by atoms with van der Waals surface area (Å²) in [5, 5.41) is 0. The number of hydrogen-bond acceptors (Lipinski definition) is 5. The van der Waals surface area contributed by atoms with Crippen LogP contribution in [0.15, 0.2) is 24.7 Å². The Hall–Kier alpha value is -2.34. The molecule has 0 aromatic carbocycles. The van der Waals surface area contributed by atoms with E-state index in [0.717, 1.165) is 11.0 Å². The Kier molecular flexibility index (Phi) is 4.93. The van der Waals surface area contributed by atoms with Crippen molar-refractivity contribution in [3.63, 3.8) is 0 Å². The molecule has 0 spiro atoms. The molecule has 1 aliphatic rings. The Labute approximate surface area is 165 Å². The number of hydrogen-bond donors (Lipinski definition) is 1. The zero-order chi connectivity index (χ0) is 20.8. The van der Waals surface area contributed by atoms with Crippen LogP contribution in [0.5, 0.6) is 0 Å². The van der Waals surface area contributed by atoms with E-state index in [1.165, 1.54) is 4.31 Å². The lowest BCUT2D eigenvalue weighted by Crippen LogP contribution is -2.38. The van der Waals surface area contributed by atoms with E-state index in [2.05, 4.69) is 15.0 Å². The van der Waals surface area contributed by atoms with E-state index < -0.39 is 28.4 Å². The lowest BCUT2D eigenvalue weighted by molar-refractivity contribution is -0.130. The average molecular weight is 430 g/mol. The number of imidazole rings is 1. The number of anilines is 1. The van der Waals surface area contributed by atoms with Crippen LogP contribution in [0.2, 0.25) is 0 Å². The van der Waals surface area contributed by atoms with Gasteiger partial charge in [0.2, 0.25) is 16.0 Å². The zero-order valence-electron chi connectivity index (χ0n) is 15.7. The van der Waals surface area contributed by atoms with E-state index in [-0.39, 0.29) is 19.1 Å². The minimum absolute atomic E-state index is 0.0365. The van der Waals surface area contributed by atoms with Gasteiger partial charge in [0, 0.05) is 31.9 Å². The summed E-state index contributed by atoms with van der Waals surface area (Å²) in [6.07, 6.45) is -0.170. The molecule has 4 heterocycles. The highest BCUT2D eigenvalue weighted by atomic mass is 32.2. The molecule has 12 heteroatoms. The van der Waals surface area contributed by atoms with Crippen LogP contribution in [0.4, 0.5) is 19.1 Å². The second-order valence-electron chi connectivity index (χ2n) is 7.20. The van der Waals surface area contributed by atoms with E-state index in [1.54, 1.807) is 18.6 Å². The van der Waals surface area contributed by atoms with Gasteiger partial charge in [-0.25, -0.2) is 22.7 Å². The fraction of sp³-hybridized carbons (Fsp3) is 0.529. The molecule has 3 aromatic rings. The summed E-state index contributed by atoms with van der Waals surface area (Å²) < 4.78 is 65.4. The first-order valence-corrected chi connectivity index (χ1v) is 10.9. The van der Waals surface area contributed by atoms with Crippen molar-refractivity contribution in [1.29, 1.82) is 0 Å². The van der Waals surface area contributed by atoms with Crippen molar-refractivity contribution in [1.82, 2.24) is 23.7 Å². The number of nitrogens with zero attached hydrogens (tertiary/aromatic N) is 5. The molecule has 1 fully saturated rings. The Balaban J connectivity index is 1.60. The summed E-state index contributed by atoms with van der Waals surface area (Å²) in [5.41, 5.74) is 2.36. The van der Waals surface area contributed by atoms with Crippen molar-refractivity contribution in [2.75, 3.05) is 30.3 Å². The van der Waals surface area contributed by atoms with E-state index >= 15 is 0 Å². The van der Waals surface area contributed by atoms with Gasteiger partial charge in [0.25, 0.3) is 0 Å². The molecule has 0 amide bonds. The van der Waals surface area contributed by atoms with Crippen LogP contribution in [0.25, 0.3) is 16.7 Å². The number of sulfonamides is 1. The SMILES string of the molecule is CC1CCN(S(=O)(=O)CCC(F)(F)F)CCN1c1ncc2cnc3[nH]ccc3n12. The Bertz CT molecular complexity index is 1120. The summed E-state index contributed by atoms with van der Waals surface area (Å²) in [4.78, 5) is 13.9. The molecule has 1 aliphatic heterocycles. The van der Waals surface area contributed by atoms with Crippen molar-refractivity contribution in [2.24, 2.45) is 0 Å². The number of rotatable bonds is 4. The summed E-state index contributed by atoms with van der Waals surface area (Å²) in [6.45, 7) is 2.59. The highest BCUT2D eigenvalue weighted by molar-refractivity contribution is 7.89. The molecule has 1 unspecified atom stereocenters. The number of aromatic nitrogens is 4. The Morgan fingerprint density at radius 3 is 2.72 bits per heavy atom. The molecule has 3 aromatic heterocycles. The molecule has 0 bridgehead atoms. The molecule has 8 nitrogen and oxygen atoms in total. The van der Waals surface area contributed by atoms with Gasteiger partial charge < -0.3 is 9.88 Å². The maximum atomic E-state index is 12.5. The molecule has 0 aliphatic carbocycles. The second kappa shape index (κ2) is 7.17. The third-order valence-corrected chi connectivity index (χ3v) is 7.13. The van der Waals surface area contributed by atoms with Crippen LogP contribution >= 0.6 is 0 Å². The van der Waals surface area contributed by atoms with Crippen LogP contribution in [0, 0.1) is 0 Å². The van der Waals surface area contributed by atoms with Crippen LogP contribution in [0.3, 0.4) is 0 Å². The Morgan fingerprint density at radius 2 is 1.97 bits per heavy atom. The first kappa shape index (κ1) is 20.0. The fourth-order valence-corrected chi connectivity index (χ4v) is 5.14. The van der Waals surface area contributed by atoms with Crippen LogP contribution in [0.1, 0.15) is 19.8 Å². The van der Waals surface area contributed by atoms with E-state index in [9.17, 15) is 21.6 Å². The first-order chi connectivity index (χ1) is 13.7. The predicted molar refractivity (Wildman–Crippen MR) is 102 cm³/mol. The number of halogens is 3. The van der Waals surface area contributed by atoms with Gasteiger partial charge in [-0.05, 0) is 19.4 Å². The van der Waals surface area contributed by atoms with Gasteiger partial charge in [-0.2, -0.15) is 13.2 Å². The van der Waals surface area contributed by atoms with E-state index in [0.29, 0.717) is 24.6 Å². The molecule has 158 valence electrons. The quantitative estimate of drug-likeness (QED) is 0.687. The number of nitrogens with one attached hydrogen (secondary N) is 1. The summed E-state index contributed by atoms with van der Waals surface area (Å²) in [5.74, 6) is -0.263. The first-order valence-electron chi connectivity index (χ1n) is 9.26. The van der Waals surface area contributed by atoms with Crippen LogP contribution in [-0.2, 0) is 10.0 Å². The normalized spacial score (nSPS) is 19.9. The smallest absolute Gasteiger partial charge is 0.345 e. The van der Waals surface area contributed by atoms with Gasteiger partial charge in [0.05, 0.1) is 35.6 Å². The molecular weight excluding hydrogens is 409 g/mol. The second-order valence-corrected chi connectivity index (χ2v) is 9.29. The van der Waals surface area contributed by atoms with Gasteiger partial charge >= 0.3 is 6.18 Å². The number of fused-ring (bicyclic) bond motifs is 3. The molecule has 0 radical (unpaired) electrons. The molecule has 1 N–H and O–H groups in total. The van der Waals surface area contributed by atoms with E-state index in [4.69, 9.17) is 0 Å². The predicted octanol–water partition coefficient (Wildman–Crippen LogP) is 2.39. The van der Waals surface area contributed by atoms with Crippen molar-refractivity contribution < 1.29 is 21.6 Å². The van der Waals surface area contributed by atoms with Gasteiger partial charge in [0.1, 0.15) is 0 Å². The molecule has 1 atom stereocenters. The highest BCUT2D eigenvalue weighted by Crippen LogP contribution is 2.26. The summed E-state index contributed by atoms with van der Waals surface area (Å²) >= 11 is 0. The molecular formula is C17H21F3N6O2S. The third kappa shape index (κ3) is 3.90. The molecule has 1 saturated heterocycles. The van der Waals surface area contributed by atoms with Crippen LogP contribution < -0.4 is 4.90 Å². The maximum absolute atomic E-state index is 12.5. The number of alkyl halides is 3. The zero-order valence-corrected chi connectivity index (χ0v) is 16.5. The van der Waals surface area contributed by atoms with Crippen molar-refractivity contribution >= 4 is 32.7 Å². The molecule has 29 heavy (non-hydrogen) atoms. The number of H-pyrrole nitrogens is 1. The van der Waals surface area contributed by atoms with Crippen LogP contribution in [-0.4, -0.2) is 69.7 Å². The van der Waals surface area contributed by atoms with Gasteiger partial charge in [0.15, 0.2) is 5.65 Å². The lowest BCUT2D eigenvalue weighted by atomic mass is 10.2. The summed E-state index contributed by atoms with van der Waals surface area (Å²) in [7, 11) is -3.98. The van der Waals surface area contributed by atoms with Crippen molar-refractivity contribution in [3.8, 4) is 0 Å². The minimum Gasteiger partial charge on any atom is -0.345 e. The largest absolute Gasteiger partial charge is 0.390 e. The Morgan fingerprint density at radius 1 is 1.21 bits per heavy atom. The topological polar surface area (TPSA) is 86.6 Å². The van der Waals surface area contributed by atoms with Gasteiger partial charge in [-0.15, -0.1) is 0 Å². The molecule has 4 rings (SSSR count). The maximum Gasteiger partial charge on any atom is 0.390 e. The van der Waals surface area contributed by atoms with Gasteiger partial charge in [-0.1, -0.05) is 0 Å². The minimum atomic E-state index is -4.50. The standard InChI is InChI=1S/C17H21F3N6O2S/c1-12-3-6-24(29(27,28)9-4-17(18,19)20)7-8-25(12)16-23-11-13-10-22-15-14(26(13)16)2-5-21-15/h2,5,10-12,21H,3-4,6-9H2,1H3. The number of aromatic amines is 1. The van der Waals surface area contributed by atoms with Crippen molar-refractivity contribution in [2.45, 2.75) is 32.0 Å². The highest BCUT2D eigenvalue weighted by Gasteiger charge is 2.34. The fourth-order valence-electron chi connectivity index (χ4n) is 3.65. The van der Waals surface area contributed by atoms with E-state index in [1.807, 2.05) is 22.3 Å². The third-order valence-electron chi connectivity index (χ3n) is 5.25. The lowest BCUT2D eigenvalue weighted by Gasteiger charge is -2.27. The average Bonchev–Trinajstić information content (AvgIpc) is 3.23. The van der Waals surface area contributed by atoms with Crippen molar-refractivity contribution in [3.05, 3.63) is 24.7 Å². The molecule has 0 saturated carbocycles.